The highest BCUT2D eigenvalue weighted by molar-refractivity contribution is 8.00. The third kappa shape index (κ3) is 2.08. The number of hydrogen-bond donors (Lipinski definition) is 2. The summed E-state index contributed by atoms with van der Waals surface area (Å²) in [4.78, 5) is 25.1. The van der Waals surface area contributed by atoms with Gasteiger partial charge in [0.1, 0.15) is 0 Å². The van der Waals surface area contributed by atoms with E-state index >= 15 is 0 Å². The van der Waals surface area contributed by atoms with Gasteiger partial charge in [-0.3, -0.25) is 14.3 Å². The van der Waals surface area contributed by atoms with Gasteiger partial charge in [0.25, 0.3) is 5.56 Å². The third-order valence-electron chi connectivity index (χ3n) is 2.74. The Morgan fingerprint density at radius 1 is 1.56 bits per heavy atom. The summed E-state index contributed by atoms with van der Waals surface area (Å²) < 4.78 is 1.55. The molecular weight excluding hydrogens is 228 g/mol. The summed E-state index contributed by atoms with van der Waals surface area (Å²) in [5, 5.41) is 9.26. The number of nitrogens with one attached hydrogen (secondary N) is 1. The first-order chi connectivity index (χ1) is 7.61. The molecule has 0 saturated carbocycles. The molecule has 2 heterocycles. The predicted octanol–water partition coefficient (Wildman–Crippen LogP) is 0.232. The molecule has 16 heavy (non-hydrogen) atoms. The Labute approximate surface area is 96.5 Å². The van der Waals surface area contributed by atoms with Crippen molar-refractivity contribution in [3.8, 4) is 0 Å². The standard InChI is InChI=1S/C10H14N2O3S/c1-6-4-12(10(15)11-9(6)14)8-3-2-7(5-13)16-8/h4,7-8,13H,2-3,5H2,1H3,(H,11,14,15). The number of rotatable bonds is 2. The Morgan fingerprint density at radius 3 is 2.94 bits per heavy atom. The molecule has 1 aliphatic rings. The van der Waals surface area contributed by atoms with Crippen molar-refractivity contribution >= 4 is 11.8 Å². The van der Waals surface area contributed by atoms with Crippen LogP contribution in [0.3, 0.4) is 0 Å². The Bertz CT molecular complexity index is 494. The van der Waals surface area contributed by atoms with Gasteiger partial charge in [-0.1, -0.05) is 0 Å². The summed E-state index contributed by atoms with van der Waals surface area (Å²) in [7, 11) is 0. The Kier molecular flexibility index (Phi) is 3.20. The van der Waals surface area contributed by atoms with Gasteiger partial charge in [-0.15, -0.1) is 11.8 Å². The van der Waals surface area contributed by atoms with Crippen molar-refractivity contribution in [3.05, 3.63) is 32.6 Å². The molecular formula is C10H14N2O3S. The number of aliphatic hydroxyl groups is 1. The van der Waals surface area contributed by atoms with Crippen LogP contribution in [0.5, 0.6) is 0 Å². The molecule has 2 N–H and O–H groups in total. The Balaban J connectivity index is 2.32. The van der Waals surface area contributed by atoms with E-state index < -0.39 is 0 Å². The van der Waals surface area contributed by atoms with Gasteiger partial charge in [0.2, 0.25) is 0 Å². The van der Waals surface area contributed by atoms with Gasteiger partial charge in [-0.2, -0.15) is 0 Å². The van der Waals surface area contributed by atoms with Crippen LogP contribution in [0.1, 0.15) is 23.8 Å². The van der Waals surface area contributed by atoms with Crippen LogP contribution in [0.25, 0.3) is 0 Å². The highest BCUT2D eigenvalue weighted by Crippen LogP contribution is 2.40. The van der Waals surface area contributed by atoms with Gasteiger partial charge < -0.3 is 5.11 Å². The summed E-state index contributed by atoms with van der Waals surface area (Å²) in [5.41, 5.74) is -0.165. The minimum absolute atomic E-state index is 0.0280. The zero-order chi connectivity index (χ0) is 11.7. The van der Waals surface area contributed by atoms with Gasteiger partial charge in [0, 0.05) is 17.0 Å². The lowest BCUT2D eigenvalue weighted by Crippen LogP contribution is -2.31. The summed E-state index contributed by atoms with van der Waals surface area (Å²) in [6, 6.07) is 0. The molecule has 0 radical (unpaired) electrons. The minimum Gasteiger partial charge on any atom is -0.395 e. The molecule has 1 fully saturated rings. The van der Waals surface area contributed by atoms with Crippen LogP contribution in [0, 0.1) is 6.92 Å². The van der Waals surface area contributed by atoms with Gasteiger partial charge in [0.05, 0.1) is 12.0 Å². The maximum atomic E-state index is 11.6. The smallest absolute Gasteiger partial charge is 0.329 e. The lowest BCUT2D eigenvalue weighted by Gasteiger charge is -2.13. The molecule has 88 valence electrons. The number of nitrogens with zero attached hydrogens (tertiary/aromatic N) is 1. The van der Waals surface area contributed by atoms with E-state index in [1.54, 1.807) is 29.4 Å². The summed E-state index contributed by atoms with van der Waals surface area (Å²) in [6.45, 7) is 1.82. The van der Waals surface area contributed by atoms with E-state index in [0.717, 1.165) is 12.8 Å². The first-order valence-corrected chi connectivity index (χ1v) is 6.14. The van der Waals surface area contributed by atoms with Gasteiger partial charge in [-0.05, 0) is 19.8 Å². The normalized spacial score (nSPS) is 24.9. The van der Waals surface area contributed by atoms with E-state index in [9.17, 15) is 9.59 Å². The lowest BCUT2D eigenvalue weighted by molar-refractivity contribution is 0.292. The number of aliphatic hydroxyl groups excluding tert-OH is 1. The molecule has 0 amide bonds. The average molecular weight is 242 g/mol. The van der Waals surface area contributed by atoms with Crippen LogP contribution in [0.2, 0.25) is 0 Å². The zero-order valence-corrected chi connectivity index (χ0v) is 9.79. The average Bonchev–Trinajstić information content (AvgIpc) is 2.71. The van der Waals surface area contributed by atoms with Crippen LogP contribution >= 0.6 is 11.8 Å². The maximum absolute atomic E-state index is 11.6. The van der Waals surface area contributed by atoms with Crippen molar-refractivity contribution in [3.63, 3.8) is 0 Å². The summed E-state index contributed by atoms with van der Waals surface area (Å²) >= 11 is 1.58. The van der Waals surface area contributed by atoms with Crippen molar-refractivity contribution in [2.45, 2.75) is 30.4 Å². The maximum Gasteiger partial charge on any atom is 0.329 e. The van der Waals surface area contributed by atoms with Crippen molar-refractivity contribution in [1.82, 2.24) is 9.55 Å². The SMILES string of the molecule is Cc1cn(C2CCC(CO)S2)c(=O)[nH]c1=O. The highest BCUT2D eigenvalue weighted by atomic mass is 32.2. The van der Waals surface area contributed by atoms with Crippen LogP contribution in [-0.4, -0.2) is 26.5 Å². The monoisotopic (exact) mass is 242 g/mol. The molecule has 0 aliphatic carbocycles. The Morgan fingerprint density at radius 2 is 2.31 bits per heavy atom. The zero-order valence-electron chi connectivity index (χ0n) is 8.97. The van der Waals surface area contributed by atoms with Crippen LogP contribution < -0.4 is 11.2 Å². The van der Waals surface area contributed by atoms with E-state index in [1.165, 1.54) is 0 Å². The number of H-pyrrole nitrogens is 1. The van der Waals surface area contributed by atoms with Crippen molar-refractivity contribution < 1.29 is 5.11 Å². The molecule has 2 unspecified atom stereocenters. The molecule has 1 aliphatic heterocycles. The number of aromatic amines is 1. The Hall–Kier alpha value is -1.01. The minimum atomic E-state index is -0.369. The van der Waals surface area contributed by atoms with Crippen LogP contribution in [0.4, 0.5) is 0 Å². The van der Waals surface area contributed by atoms with Gasteiger partial charge in [-0.25, -0.2) is 4.79 Å². The molecule has 2 rings (SSSR count). The van der Waals surface area contributed by atoms with Crippen LogP contribution in [0.15, 0.2) is 15.8 Å². The number of hydrogen-bond acceptors (Lipinski definition) is 4. The summed E-state index contributed by atoms with van der Waals surface area (Å²) in [6.07, 6.45) is 3.34. The van der Waals surface area contributed by atoms with E-state index in [-0.39, 0.29) is 28.5 Å². The van der Waals surface area contributed by atoms with E-state index in [0.29, 0.717) is 5.56 Å². The van der Waals surface area contributed by atoms with Gasteiger partial charge >= 0.3 is 5.69 Å². The largest absolute Gasteiger partial charge is 0.395 e. The second kappa shape index (κ2) is 4.47. The molecule has 2 atom stereocenters. The molecule has 0 bridgehead atoms. The van der Waals surface area contributed by atoms with E-state index in [1.807, 2.05) is 0 Å². The predicted molar refractivity (Wildman–Crippen MR) is 62.8 cm³/mol. The third-order valence-corrected chi connectivity index (χ3v) is 4.29. The lowest BCUT2D eigenvalue weighted by atomic mass is 10.2. The molecule has 1 saturated heterocycles. The van der Waals surface area contributed by atoms with E-state index in [4.69, 9.17) is 5.11 Å². The quantitative estimate of drug-likeness (QED) is 0.778. The van der Waals surface area contributed by atoms with Crippen molar-refractivity contribution in [2.75, 3.05) is 6.61 Å². The number of thioether (sulfide) groups is 1. The fourth-order valence-corrected chi connectivity index (χ4v) is 3.19. The first-order valence-electron chi connectivity index (χ1n) is 5.20. The van der Waals surface area contributed by atoms with E-state index in [2.05, 4.69) is 4.98 Å². The van der Waals surface area contributed by atoms with Crippen molar-refractivity contribution in [1.29, 1.82) is 0 Å². The molecule has 1 aromatic heterocycles. The molecule has 0 aromatic carbocycles. The van der Waals surface area contributed by atoms with Gasteiger partial charge in [0.15, 0.2) is 0 Å². The second-order valence-electron chi connectivity index (χ2n) is 3.95. The number of aromatic nitrogens is 2. The molecule has 5 nitrogen and oxygen atoms in total. The fraction of sp³-hybridized carbons (Fsp3) is 0.600. The molecule has 0 spiro atoms. The highest BCUT2D eigenvalue weighted by Gasteiger charge is 2.26. The first kappa shape index (κ1) is 11.5. The topological polar surface area (TPSA) is 75.1 Å². The van der Waals surface area contributed by atoms with Crippen molar-refractivity contribution in [2.24, 2.45) is 0 Å². The molecule has 6 heteroatoms. The second-order valence-corrected chi connectivity index (χ2v) is 5.43. The van der Waals surface area contributed by atoms with Crippen LogP contribution in [-0.2, 0) is 0 Å². The fourth-order valence-electron chi connectivity index (χ4n) is 1.83. The summed E-state index contributed by atoms with van der Waals surface area (Å²) in [5.74, 6) is 0. The molecule has 1 aromatic rings. The number of aryl methyl sites for hydroxylation is 1.